The molecule has 3 heteroatoms. The molecule has 1 amide bonds. The van der Waals surface area contributed by atoms with E-state index in [0.717, 1.165) is 44.6 Å². The van der Waals surface area contributed by atoms with E-state index < -0.39 is 0 Å². The number of fused-ring (bicyclic) bond motifs is 1. The molecule has 0 saturated carbocycles. The van der Waals surface area contributed by atoms with Crippen molar-refractivity contribution in [3.05, 3.63) is 46.5 Å². The van der Waals surface area contributed by atoms with E-state index in [-0.39, 0.29) is 5.91 Å². The molecule has 0 aromatic heterocycles. The van der Waals surface area contributed by atoms with Gasteiger partial charge >= 0.3 is 0 Å². The van der Waals surface area contributed by atoms with Crippen molar-refractivity contribution in [3.8, 4) is 0 Å². The standard InChI is InChI=1S/C16H20N2O/c1-12(15-9-17-10-15)16(19)18-8-4-7-13-5-2-3-6-14(13)11-18/h2-3,5-6,17H,4,7-11H2,1H3. The molecule has 2 aliphatic heterocycles. The average molecular weight is 256 g/mol. The van der Waals surface area contributed by atoms with Crippen LogP contribution in [0.5, 0.6) is 0 Å². The van der Waals surface area contributed by atoms with Crippen LogP contribution >= 0.6 is 0 Å². The van der Waals surface area contributed by atoms with Gasteiger partial charge in [0, 0.05) is 31.8 Å². The molecule has 0 unspecified atom stereocenters. The van der Waals surface area contributed by atoms with Crippen LogP contribution < -0.4 is 5.32 Å². The second-order valence-corrected chi connectivity index (χ2v) is 5.43. The van der Waals surface area contributed by atoms with E-state index in [1.54, 1.807) is 0 Å². The highest BCUT2D eigenvalue weighted by molar-refractivity contribution is 5.94. The van der Waals surface area contributed by atoms with Crippen molar-refractivity contribution >= 4 is 5.91 Å². The molecule has 1 fully saturated rings. The summed E-state index contributed by atoms with van der Waals surface area (Å²) in [6.45, 7) is 5.35. The Hall–Kier alpha value is -1.61. The lowest BCUT2D eigenvalue weighted by molar-refractivity contribution is -0.127. The lowest BCUT2D eigenvalue weighted by Crippen LogP contribution is -2.39. The van der Waals surface area contributed by atoms with Gasteiger partial charge in [0.05, 0.1) is 0 Å². The highest BCUT2D eigenvalue weighted by Gasteiger charge is 2.23. The SMILES string of the molecule is CC(C(=O)N1CCCc2ccccc2C1)=C1CNC1. The number of benzene rings is 1. The number of carbonyl (C=O) groups is 1. The predicted molar refractivity (Wildman–Crippen MR) is 75.7 cm³/mol. The fourth-order valence-electron chi connectivity index (χ4n) is 2.78. The van der Waals surface area contributed by atoms with Gasteiger partial charge in [-0.3, -0.25) is 4.79 Å². The Morgan fingerprint density at radius 3 is 2.63 bits per heavy atom. The number of hydrogen-bond donors (Lipinski definition) is 1. The van der Waals surface area contributed by atoms with Gasteiger partial charge < -0.3 is 10.2 Å². The number of hydrogen-bond acceptors (Lipinski definition) is 2. The quantitative estimate of drug-likeness (QED) is 0.778. The maximum Gasteiger partial charge on any atom is 0.249 e. The summed E-state index contributed by atoms with van der Waals surface area (Å²) < 4.78 is 0. The number of nitrogens with one attached hydrogen (secondary N) is 1. The summed E-state index contributed by atoms with van der Waals surface area (Å²) in [5, 5.41) is 3.20. The first-order chi connectivity index (χ1) is 9.25. The molecular formula is C16H20N2O. The first-order valence-corrected chi connectivity index (χ1v) is 7.01. The van der Waals surface area contributed by atoms with E-state index >= 15 is 0 Å². The van der Waals surface area contributed by atoms with E-state index in [0.29, 0.717) is 0 Å². The van der Waals surface area contributed by atoms with Crippen molar-refractivity contribution in [3.63, 3.8) is 0 Å². The Morgan fingerprint density at radius 1 is 1.21 bits per heavy atom. The Kier molecular flexibility index (Phi) is 3.38. The molecule has 1 N–H and O–H groups in total. The number of aryl methyl sites for hydroxylation is 1. The first kappa shape index (κ1) is 12.4. The molecule has 3 rings (SSSR count). The van der Waals surface area contributed by atoms with Crippen LogP contribution in [-0.4, -0.2) is 30.4 Å². The monoisotopic (exact) mass is 256 g/mol. The van der Waals surface area contributed by atoms with Crippen LogP contribution in [0.3, 0.4) is 0 Å². The van der Waals surface area contributed by atoms with Gasteiger partial charge in [0.25, 0.3) is 0 Å². The summed E-state index contributed by atoms with van der Waals surface area (Å²) in [7, 11) is 0. The summed E-state index contributed by atoms with van der Waals surface area (Å²) in [6, 6.07) is 8.48. The molecule has 0 bridgehead atoms. The highest BCUT2D eigenvalue weighted by atomic mass is 16.2. The lowest BCUT2D eigenvalue weighted by atomic mass is 10.0. The first-order valence-electron chi connectivity index (χ1n) is 7.01. The molecule has 0 spiro atoms. The van der Waals surface area contributed by atoms with Crippen LogP contribution in [0.25, 0.3) is 0 Å². The number of nitrogens with zero attached hydrogens (tertiary/aromatic N) is 1. The van der Waals surface area contributed by atoms with E-state index in [1.807, 2.05) is 11.8 Å². The normalized spacial score (nSPS) is 18.4. The van der Waals surface area contributed by atoms with Crippen molar-refractivity contribution in [2.75, 3.05) is 19.6 Å². The summed E-state index contributed by atoms with van der Waals surface area (Å²) >= 11 is 0. The lowest BCUT2D eigenvalue weighted by Gasteiger charge is -2.26. The smallest absolute Gasteiger partial charge is 0.249 e. The van der Waals surface area contributed by atoms with Crippen molar-refractivity contribution < 1.29 is 4.79 Å². The topological polar surface area (TPSA) is 32.3 Å². The third kappa shape index (κ3) is 2.43. The molecule has 1 saturated heterocycles. The minimum Gasteiger partial charge on any atom is -0.335 e. The predicted octanol–water partition coefficient (Wildman–Crippen LogP) is 1.88. The van der Waals surface area contributed by atoms with Gasteiger partial charge in [-0.15, -0.1) is 0 Å². The van der Waals surface area contributed by atoms with Crippen LogP contribution in [0.1, 0.15) is 24.5 Å². The van der Waals surface area contributed by atoms with Gasteiger partial charge in [0.15, 0.2) is 0 Å². The highest BCUT2D eigenvalue weighted by Crippen LogP contribution is 2.21. The minimum absolute atomic E-state index is 0.216. The van der Waals surface area contributed by atoms with Gasteiger partial charge in [0.1, 0.15) is 0 Å². The summed E-state index contributed by atoms with van der Waals surface area (Å²) in [5.74, 6) is 0.216. The Bertz CT molecular complexity index is 527. The van der Waals surface area contributed by atoms with Gasteiger partial charge in [-0.25, -0.2) is 0 Å². The molecule has 0 atom stereocenters. The van der Waals surface area contributed by atoms with Gasteiger partial charge in [0.2, 0.25) is 5.91 Å². The fourth-order valence-corrected chi connectivity index (χ4v) is 2.78. The zero-order valence-corrected chi connectivity index (χ0v) is 11.4. The maximum atomic E-state index is 12.5. The van der Waals surface area contributed by atoms with E-state index in [1.165, 1.54) is 16.7 Å². The number of amides is 1. The zero-order chi connectivity index (χ0) is 13.2. The third-order valence-corrected chi connectivity index (χ3v) is 4.17. The number of rotatable bonds is 1. The summed E-state index contributed by atoms with van der Waals surface area (Å²) in [4.78, 5) is 14.5. The van der Waals surface area contributed by atoms with Crippen molar-refractivity contribution in [2.24, 2.45) is 0 Å². The van der Waals surface area contributed by atoms with E-state index in [2.05, 4.69) is 29.6 Å². The molecular weight excluding hydrogens is 236 g/mol. The second kappa shape index (κ2) is 5.17. The van der Waals surface area contributed by atoms with Crippen LogP contribution in [0.15, 0.2) is 35.4 Å². The zero-order valence-electron chi connectivity index (χ0n) is 11.4. The fraction of sp³-hybridized carbons (Fsp3) is 0.438. The van der Waals surface area contributed by atoms with Crippen molar-refractivity contribution in [1.82, 2.24) is 10.2 Å². The molecule has 1 aromatic carbocycles. The number of carbonyl (C=O) groups excluding carboxylic acids is 1. The third-order valence-electron chi connectivity index (χ3n) is 4.17. The molecule has 1 aromatic rings. The van der Waals surface area contributed by atoms with E-state index in [4.69, 9.17) is 0 Å². The minimum atomic E-state index is 0.216. The molecule has 100 valence electrons. The van der Waals surface area contributed by atoms with Crippen molar-refractivity contribution in [1.29, 1.82) is 0 Å². The van der Waals surface area contributed by atoms with Crippen LogP contribution in [-0.2, 0) is 17.8 Å². The van der Waals surface area contributed by atoms with Gasteiger partial charge in [-0.2, -0.15) is 0 Å². The van der Waals surface area contributed by atoms with Crippen molar-refractivity contribution in [2.45, 2.75) is 26.3 Å². The van der Waals surface area contributed by atoms with E-state index in [9.17, 15) is 4.79 Å². The second-order valence-electron chi connectivity index (χ2n) is 5.43. The molecule has 3 nitrogen and oxygen atoms in total. The molecule has 0 radical (unpaired) electrons. The Balaban J connectivity index is 1.81. The summed E-state index contributed by atoms with van der Waals surface area (Å²) in [6.07, 6.45) is 2.14. The summed E-state index contributed by atoms with van der Waals surface area (Å²) in [5.41, 5.74) is 4.91. The van der Waals surface area contributed by atoms with Gasteiger partial charge in [-0.05, 0) is 36.5 Å². The average Bonchev–Trinajstić information content (AvgIpc) is 2.57. The molecule has 19 heavy (non-hydrogen) atoms. The maximum absolute atomic E-state index is 12.5. The molecule has 2 aliphatic rings. The Morgan fingerprint density at radius 2 is 1.95 bits per heavy atom. The molecule has 2 heterocycles. The van der Waals surface area contributed by atoms with Crippen LogP contribution in [0, 0.1) is 0 Å². The largest absolute Gasteiger partial charge is 0.335 e. The van der Waals surface area contributed by atoms with Crippen LogP contribution in [0.2, 0.25) is 0 Å². The molecule has 0 aliphatic carbocycles. The Labute approximate surface area is 114 Å². The van der Waals surface area contributed by atoms with Crippen LogP contribution in [0.4, 0.5) is 0 Å². The van der Waals surface area contributed by atoms with Gasteiger partial charge in [-0.1, -0.05) is 24.3 Å².